The van der Waals surface area contributed by atoms with Crippen molar-refractivity contribution in [3.8, 4) is 0 Å². The number of carbonyl (C=O) groups is 2. The largest absolute Gasteiger partial charge is 0.466 e. The minimum atomic E-state index is -0.283. The molecule has 0 spiro atoms. The summed E-state index contributed by atoms with van der Waals surface area (Å²) >= 11 is 0. The number of pyridine rings is 1. The second-order valence-electron chi connectivity index (χ2n) is 4.94. The van der Waals surface area contributed by atoms with Crippen LogP contribution in [-0.2, 0) is 14.3 Å². The van der Waals surface area contributed by atoms with Crippen LogP contribution in [0.5, 0.6) is 0 Å². The molecule has 0 radical (unpaired) electrons. The van der Waals surface area contributed by atoms with Gasteiger partial charge < -0.3 is 4.74 Å². The number of ether oxygens (including phenoxy) is 1. The molecule has 20 heavy (non-hydrogen) atoms. The maximum atomic E-state index is 12.3. The van der Waals surface area contributed by atoms with Gasteiger partial charge in [-0.25, -0.2) is 0 Å². The molecule has 2 atom stereocenters. The molecule has 0 bridgehead atoms. The molecule has 110 valence electrons. The highest BCUT2D eigenvalue weighted by Crippen LogP contribution is 2.26. The van der Waals surface area contributed by atoms with Crippen molar-refractivity contribution >= 4 is 11.8 Å². The van der Waals surface area contributed by atoms with Gasteiger partial charge >= 0.3 is 5.97 Å². The van der Waals surface area contributed by atoms with E-state index in [9.17, 15) is 9.59 Å². The van der Waals surface area contributed by atoms with Crippen molar-refractivity contribution in [1.82, 2.24) is 4.98 Å². The van der Waals surface area contributed by atoms with Crippen LogP contribution in [0.1, 0.15) is 51.5 Å². The highest BCUT2D eigenvalue weighted by atomic mass is 16.5. The zero-order valence-corrected chi connectivity index (χ0v) is 12.5. The predicted molar refractivity (Wildman–Crippen MR) is 77.3 cm³/mol. The lowest BCUT2D eigenvalue weighted by Gasteiger charge is -2.19. The maximum absolute atomic E-state index is 12.3. The van der Waals surface area contributed by atoms with E-state index in [-0.39, 0.29) is 23.6 Å². The van der Waals surface area contributed by atoms with E-state index in [0.29, 0.717) is 19.4 Å². The second-order valence-corrected chi connectivity index (χ2v) is 4.94. The van der Waals surface area contributed by atoms with Crippen LogP contribution in [0.2, 0.25) is 0 Å². The average Bonchev–Trinajstić information content (AvgIpc) is 2.45. The lowest BCUT2D eigenvalue weighted by Crippen LogP contribution is -2.21. The Morgan fingerprint density at radius 1 is 1.25 bits per heavy atom. The van der Waals surface area contributed by atoms with Crippen LogP contribution in [0.15, 0.2) is 24.5 Å². The summed E-state index contributed by atoms with van der Waals surface area (Å²) in [5, 5.41) is 0. The zero-order valence-electron chi connectivity index (χ0n) is 12.5. The minimum absolute atomic E-state index is 0.176. The number of esters is 1. The van der Waals surface area contributed by atoms with E-state index in [1.807, 2.05) is 26.0 Å². The Kier molecular flexibility index (Phi) is 6.91. The first-order chi connectivity index (χ1) is 9.60. The highest BCUT2D eigenvalue weighted by Gasteiger charge is 2.25. The van der Waals surface area contributed by atoms with Gasteiger partial charge in [-0.2, -0.15) is 0 Å². The van der Waals surface area contributed by atoms with Crippen molar-refractivity contribution in [2.75, 3.05) is 6.61 Å². The average molecular weight is 277 g/mol. The van der Waals surface area contributed by atoms with Crippen LogP contribution in [0.3, 0.4) is 0 Å². The van der Waals surface area contributed by atoms with Gasteiger partial charge in [0.1, 0.15) is 5.78 Å². The minimum Gasteiger partial charge on any atom is -0.466 e. The second kappa shape index (κ2) is 8.46. The lowest BCUT2D eigenvalue weighted by atomic mass is 9.85. The Bertz CT molecular complexity index is 431. The summed E-state index contributed by atoms with van der Waals surface area (Å²) in [4.78, 5) is 28.0. The zero-order chi connectivity index (χ0) is 15.0. The molecule has 0 aliphatic carbocycles. The number of nitrogens with zero attached hydrogens (tertiary/aromatic N) is 1. The van der Waals surface area contributed by atoms with Crippen LogP contribution in [-0.4, -0.2) is 23.3 Å². The molecule has 2 unspecified atom stereocenters. The third-order valence-electron chi connectivity index (χ3n) is 3.27. The lowest BCUT2D eigenvalue weighted by molar-refractivity contribution is -0.147. The van der Waals surface area contributed by atoms with Crippen LogP contribution in [0, 0.1) is 5.92 Å². The van der Waals surface area contributed by atoms with Gasteiger partial charge in [0.2, 0.25) is 0 Å². The topological polar surface area (TPSA) is 56.3 Å². The van der Waals surface area contributed by atoms with Crippen molar-refractivity contribution in [3.63, 3.8) is 0 Å². The van der Waals surface area contributed by atoms with E-state index < -0.39 is 0 Å². The maximum Gasteiger partial charge on any atom is 0.308 e. The summed E-state index contributed by atoms with van der Waals surface area (Å²) in [5.74, 6) is -0.600. The Balaban J connectivity index is 2.83. The van der Waals surface area contributed by atoms with Gasteiger partial charge in [-0.15, -0.1) is 0 Å². The Labute approximate surface area is 120 Å². The highest BCUT2D eigenvalue weighted by molar-refractivity contribution is 5.86. The van der Waals surface area contributed by atoms with Gasteiger partial charge in [0, 0.05) is 24.7 Å². The fourth-order valence-corrected chi connectivity index (χ4v) is 2.20. The number of ketones is 1. The van der Waals surface area contributed by atoms with Gasteiger partial charge in [0.05, 0.1) is 12.5 Å². The molecule has 0 aliphatic heterocycles. The molecule has 0 N–H and O–H groups in total. The Hall–Kier alpha value is -1.71. The molecule has 0 fully saturated rings. The monoisotopic (exact) mass is 277 g/mol. The molecule has 0 saturated carbocycles. The molecule has 0 aliphatic rings. The fourth-order valence-electron chi connectivity index (χ4n) is 2.20. The Morgan fingerprint density at radius 2 is 1.90 bits per heavy atom. The van der Waals surface area contributed by atoms with E-state index >= 15 is 0 Å². The fraction of sp³-hybridized carbons (Fsp3) is 0.562. The quantitative estimate of drug-likeness (QED) is 0.685. The Morgan fingerprint density at radius 3 is 2.45 bits per heavy atom. The van der Waals surface area contributed by atoms with E-state index in [4.69, 9.17) is 4.74 Å². The normalized spacial score (nSPS) is 13.6. The van der Waals surface area contributed by atoms with Crippen LogP contribution in [0.25, 0.3) is 0 Å². The molecule has 1 heterocycles. The van der Waals surface area contributed by atoms with Crippen molar-refractivity contribution in [1.29, 1.82) is 0 Å². The van der Waals surface area contributed by atoms with Gasteiger partial charge in [-0.05, 0) is 37.5 Å². The first-order valence-electron chi connectivity index (χ1n) is 7.19. The van der Waals surface area contributed by atoms with E-state index in [1.54, 1.807) is 19.3 Å². The van der Waals surface area contributed by atoms with E-state index in [2.05, 4.69) is 4.98 Å². The summed E-state index contributed by atoms with van der Waals surface area (Å²) in [7, 11) is 0. The summed E-state index contributed by atoms with van der Waals surface area (Å²) in [6, 6.07) is 3.69. The number of carbonyl (C=O) groups excluding carboxylic acids is 2. The van der Waals surface area contributed by atoms with Crippen molar-refractivity contribution < 1.29 is 14.3 Å². The summed E-state index contributed by atoms with van der Waals surface area (Å²) in [6.45, 7) is 5.95. The predicted octanol–water partition coefficient (Wildman–Crippen LogP) is 3.12. The number of rotatable bonds is 8. The van der Waals surface area contributed by atoms with Crippen molar-refractivity contribution in [2.45, 2.75) is 46.0 Å². The molecular weight excluding hydrogens is 254 g/mol. The van der Waals surface area contributed by atoms with E-state index in [0.717, 1.165) is 12.0 Å². The van der Waals surface area contributed by atoms with Crippen molar-refractivity contribution in [3.05, 3.63) is 30.1 Å². The van der Waals surface area contributed by atoms with Gasteiger partial charge in [-0.3, -0.25) is 14.6 Å². The van der Waals surface area contributed by atoms with Crippen LogP contribution >= 0.6 is 0 Å². The summed E-state index contributed by atoms with van der Waals surface area (Å²) < 4.78 is 5.02. The molecule has 1 rings (SSSR count). The standard InChI is InChI=1S/C16H23NO3/c1-4-6-15(18)14(13-7-9-17-10-8-13)11-12(3)16(19)20-5-2/h7-10,12,14H,4-6,11H2,1-3H3. The first-order valence-corrected chi connectivity index (χ1v) is 7.19. The molecule has 4 heteroatoms. The number of Topliss-reactive ketones (excluding diaryl/α,β-unsaturated/α-hetero) is 1. The van der Waals surface area contributed by atoms with Gasteiger partial charge in [-0.1, -0.05) is 13.8 Å². The third kappa shape index (κ3) is 4.76. The van der Waals surface area contributed by atoms with Crippen molar-refractivity contribution in [2.24, 2.45) is 5.92 Å². The van der Waals surface area contributed by atoms with Crippen LogP contribution < -0.4 is 0 Å². The molecule has 0 amide bonds. The smallest absolute Gasteiger partial charge is 0.308 e. The van der Waals surface area contributed by atoms with Crippen LogP contribution in [0.4, 0.5) is 0 Å². The number of hydrogen-bond donors (Lipinski definition) is 0. The van der Waals surface area contributed by atoms with E-state index in [1.165, 1.54) is 0 Å². The molecule has 1 aromatic rings. The first kappa shape index (κ1) is 16.3. The summed E-state index contributed by atoms with van der Waals surface area (Å²) in [6.07, 6.45) is 5.19. The molecule has 4 nitrogen and oxygen atoms in total. The van der Waals surface area contributed by atoms with Gasteiger partial charge in [0.15, 0.2) is 0 Å². The summed E-state index contributed by atoms with van der Waals surface area (Å²) in [5.41, 5.74) is 0.926. The SMILES string of the molecule is CCCC(=O)C(CC(C)C(=O)OCC)c1ccncc1. The molecular formula is C16H23NO3. The molecule has 1 aromatic heterocycles. The number of hydrogen-bond acceptors (Lipinski definition) is 4. The molecule has 0 saturated heterocycles. The third-order valence-corrected chi connectivity index (χ3v) is 3.27. The van der Waals surface area contributed by atoms with Gasteiger partial charge in [0.25, 0.3) is 0 Å². The number of aromatic nitrogens is 1. The molecule has 0 aromatic carbocycles.